The van der Waals surface area contributed by atoms with Gasteiger partial charge in [0.25, 0.3) is 0 Å². The summed E-state index contributed by atoms with van der Waals surface area (Å²) in [5.74, 6) is -1.31. The molecule has 0 aliphatic carbocycles. The normalized spacial score (nSPS) is 10.1. The van der Waals surface area contributed by atoms with Gasteiger partial charge in [0.05, 0.1) is 24.7 Å². The molecule has 0 aliphatic heterocycles. The Bertz CT molecular complexity index is 538. The number of hydrogen-bond acceptors (Lipinski definition) is 6. The van der Waals surface area contributed by atoms with E-state index < -0.39 is 16.4 Å². The fourth-order valence-electron chi connectivity index (χ4n) is 1.92. The lowest BCUT2D eigenvalue weighted by Crippen LogP contribution is -2.08. The van der Waals surface area contributed by atoms with Crippen LogP contribution in [0.5, 0.6) is 17.2 Å². The molecule has 104 valence electrons. The maximum Gasteiger partial charge on any atom is 0.318 e. The van der Waals surface area contributed by atoms with Crippen molar-refractivity contribution in [2.24, 2.45) is 0 Å². The van der Waals surface area contributed by atoms with Crippen molar-refractivity contribution in [1.29, 1.82) is 0 Å². The number of ether oxygens (including phenoxy) is 2. The highest BCUT2D eigenvalue weighted by Gasteiger charge is 2.32. The number of aromatic hydroxyl groups is 1. The molecule has 0 unspecified atom stereocenters. The Kier molecular flexibility index (Phi) is 4.31. The molecule has 19 heavy (non-hydrogen) atoms. The summed E-state index contributed by atoms with van der Waals surface area (Å²) < 4.78 is 9.83. The highest BCUT2D eigenvalue weighted by molar-refractivity contribution is 6.02. The van der Waals surface area contributed by atoms with E-state index in [4.69, 9.17) is 9.47 Å². The van der Waals surface area contributed by atoms with Crippen molar-refractivity contribution in [3.8, 4) is 17.2 Å². The number of rotatable bonds is 5. The summed E-state index contributed by atoms with van der Waals surface area (Å²) in [6, 6.07) is 0. The zero-order valence-corrected chi connectivity index (χ0v) is 11.1. The van der Waals surface area contributed by atoms with Crippen molar-refractivity contribution in [1.82, 2.24) is 0 Å². The van der Waals surface area contributed by atoms with Crippen LogP contribution in [0.25, 0.3) is 0 Å². The van der Waals surface area contributed by atoms with Crippen molar-refractivity contribution < 1.29 is 24.3 Å². The molecular formula is C12H15NO6. The number of methoxy groups -OCH3 is 2. The maximum absolute atomic E-state index is 11.9. The average Bonchev–Trinajstić information content (AvgIpc) is 2.38. The van der Waals surface area contributed by atoms with Crippen molar-refractivity contribution >= 4 is 11.5 Å². The number of carbonyl (C=O) groups is 1. The number of nitro benzene ring substituents is 1. The predicted molar refractivity (Wildman–Crippen MR) is 67.2 cm³/mol. The van der Waals surface area contributed by atoms with Crippen molar-refractivity contribution in [2.45, 2.75) is 20.3 Å². The highest BCUT2D eigenvalue weighted by Crippen LogP contribution is 2.48. The molecule has 0 saturated heterocycles. The zero-order valence-electron chi connectivity index (χ0n) is 11.1. The van der Waals surface area contributed by atoms with E-state index in [1.807, 2.05) is 0 Å². The molecule has 1 rings (SSSR count). The second-order valence-corrected chi connectivity index (χ2v) is 3.80. The first-order valence-electron chi connectivity index (χ1n) is 5.55. The van der Waals surface area contributed by atoms with Gasteiger partial charge in [-0.3, -0.25) is 14.9 Å². The standard InChI is InChI=1S/C12H15NO6/c1-5-7(14)8-6(2)9(13(16)17)12(19-4)10(15)11(8)18-3/h15H,5H2,1-4H3. The van der Waals surface area contributed by atoms with E-state index in [2.05, 4.69) is 0 Å². The topological polar surface area (TPSA) is 98.9 Å². The monoisotopic (exact) mass is 269 g/mol. The Hall–Kier alpha value is -2.31. The van der Waals surface area contributed by atoms with Gasteiger partial charge in [0.15, 0.2) is 11.5 Å². The van der Waals surface area contributed by atoms with Crippen LogP contribution in [0.4, 0.5) is 5.69 Å². The van der Waals surface area contributed by atoms with E-state index in [-0.39, 0.29) is 34.8 Å². The molecule has 0 aliphatic rings. The average molecular weight is 269 g/mol. The van der Waals surface area contributed by atoms with Crippen molar-refractivity contribution in [2.75, 3.05) is 14.2 Å². The largest absolute Gasteiger partial charge is 0.501 e. The third-order valence-corrected chi connectivity index (χ3v) is 2.79. The van der Waals surface area contributed by atoms with Crippen LogP contribution in [0.15, 0.2) is 0 Å². The van der Waals surface area contributed by atoms with E-state index in [9.17, 15) is 20.0 Å². The van der Waals surface area contributed by atoms with E-state index in [1.165, 1.54) is 21.1 Å². The molecule has 0 bridgehead atoms. The van der Waals surface area contributed by atoms with Crippen LogP contribution in [-0.4, -0.2) is 30.0 Å². The fraction of sp³-hybridized carbons (Fsp3) is 0.417. The minimum absolute atomic E-state index is 0.00926. The molecule has 0 atom stereocenters. The van der Waals surface area contributed by atoms with Gasteiger partial charge in [-0.1, -0.05) is 6.92 Å². The van der Waals surface area contributed by atoms with Crippen LogP contribution in [0.2, 0.25) is 0 Å². The number of ketones is 1. The zero-order chi connectivity index (χ0) is 14.7. The van der Waals surface area contributed by atoms with Crippen molar-refractivity contribution in [3.05, 3.63) is 21.2 Å². The molecular weight excluding hydrogens is 254 g/mol. The first-order valence-corrected chi connectivity index (χ1v) is 5.55. The summed E-state index contributed by atoms with van der Waals surface area (Å²) in [5.41, 5.74) is -0.309. The molecule has 0 fully saturated rings. The van der Waals surface area contributed by atoms with Crippen LogP contribution in [0, 0.1) is 17.0 Å². The molecule has 0 saturated carbocycles. The van der Waals surface area contributed by atoms with Gasteiger partial charge in [0, 0.05) is 12.0 Å². The van der Waals surface area contributed by atoms with Gasteiger partial charge in [-0.15, -0.1) is 0 Å². The quantitative estimate of drug-likeness (QED) is 0.500. The second-order valence-electron chi connectivity index (χ2n) is 3.80. The Morgan fingerprint density at radius 3 is 2.21 bits per heavy atom. The van der Waals surface area contributed by atoms with Gasteiger partial charge >= 0.3 is 5.69 Å². The van der Waals surface area contributed by atoms with Crippen LogP contribution >= 0.6 is 0 Å². The summed E-state index contributed by atoms with van der Waals surface area (Å²) in [7, 11) is 2.47. The second kappa shape index (κ2) is 5.55. The van der Waals surface area contributed by atoms with Gasteiger partial charge in [-0.2, -0.15) is 0 Å². The lowest BCUT2D eigenvalue weighted by molar-refractivity contribution is -0.386. The number of Topliss-reactive ketones (excluding diaryl/α,β-unsaturated/α-hetero) is 1. The Labute approximate surface area is 109 Å². The van der Waals surface area contributed by atoms with Crippen molar-refractivity contribution in [3.63, 3.8) is 0 Å². The number of phenolic OH excluding ortho intramolecular Hbond substituents is 1. The minimum Gasteiger partial charge on any atom is -0.501 e. The number of phenols is 1. The Balaban J connectivity index is 3.83. The molecule has 1 aromatic carbocycles. The third kappa shape index (κ3) is 2.31. The van der Waals surface area contributed by atoms with E-state index in [0.717, 1.165) is 0 Å². The van der Waals surface area contributed by atoms with Crippen LogP contribution in [-0.2, 0) is 0 Å². The summed E-state index contributed by atoms with van der Waals surface area (Å²) in [6.45, 7) is 3.04. The van der Waals surface area contributed by atoms with E-state index in [1.54, 1.807) is 6.92 Å². The lowest BCUT2D eigenvalue weighted by Gasteiger charge is -2.15. The third-order valence-electron chi connectivity index (χ3n) is 2.79. The van der Waals surface area contributed by atoms with E-state index >= 15 is 0 Å². The molecule has 7 heteroatoms. The fourth-order valence-corrected chi connectivity index (χ4v) is 1.92. The molecule has 0 aromatic heterocycles. The molecule has 7 nitrogen and oxygen atoms in total. The molecule has 0 amide bonds. The molecule has 1 aromatic rings. The Morgan fingerprint density at radius 2 is 1.84 bits per heavy atom. The summed E-state index contributed by atoms with van der Waals surface area (Å²) in [6.07, 6.45) is 0.139. The number of nitrogens with zero attached hydrogens (tertiary/aromatic N) is 1. The maximum atomic E-state index is 11.9. The van der Waals surface area contributed by atoms with Gasteiger partial charge < -0.3 is 14.6 Å². The molecule has 1 N–H and O–H groups in total. The number of nitro groups is 1. The number of hydrogen-bond donors (Lipinski definition) is 1. The van der Waals surface area contributed by atoms with E-state index in [0.29, 0.717) is 0 Å². The first kappa shape index (κ1) is 14.7. The molecule has 0 radical (unpaired) electrons. The smallest absolute Gasteiger partial charge is 0.318 e. The van der Waals surface area contributed by atoms with Gasteiger partial charge in [0.1, 0.15) is 0 Å². The molecule has 0 spiro atoms. The Morgan fingerprint density at radius 1 is 1.32 bits per heavy atom. The minimum atomic E-state index is -0.695. The van der Waals surface area contributed by atoms with Crippen LogP contribution in [0.3, 0.4) is 0 Å². The van der Waals surface area contributed by atoms with Gasteiger partial charge in [-0.05, 0) is 6.92 Å². The van der Waals surface area contributed by atoms with Crippen LogP contribution in [0.1, 0.15) is 29.3 Å². The lowest BCUT2D eigenvalue weighted by atomic mass is 9.98. The predicted octanol–water partition coefficient (Wildman–Crippen LogP) is 2.22. The molecule has 0 heterocycles. The van der Waals surface area contributed by atoms with Gasteiger partial charge in [-0.25, -0.2) is 0 Å². The SMILES string of the molecule is CCC(=O)c1c(C)c([N+](=O)[O-])c(OC)c(O)c1OC. The number of carbonyl (C=O) groups excluding carboxylic acids is 1. The van der Waals surface area contributed by atoms with Crippen LogP contribution < -0.4 is 9.47 Å². The highest BCUT2D eigenvalue weighted by atomic mass is 16.6. The summed E-state index contributed by atoms with van der Waals surface area (Å²) in [4.78, 5) is 22.3. The summed E-state index contributed by atoms with van der Waals surface area (Å²) in [5, 5.41) is 21.0. The number of benzene rings is 1. The summed E-state index contributed by atoms with van der Waals surface area (Å²) >= 11 is 0. The van der Waals surface area contributed by atoms with Gasteiger partial charge in [0.2, 0.25) is 11.5 Å². The first-order chi connectivity index (χ1) is 8.90.